The number of hydrogen-bond donors (Lipinski definition) is 1. The van der Waals surface area contributed by atoms with Crippen LogP contribution in [0, 0.1) is 0 Å². The van der Waals surface area contributed by atoms with E-state index >= 15 is 0 Å². The third-order valence-corrected chi connectivity index (χ3v) is 1.73. The summed E-state index contributed by atoms with van der Waals surface area (Å²) in [5, 5.41) is 11.4. The van der Waals surface area contributed by atoms with Crippen LogP contribution < -0.4 is 24.8 Å². The first-order valence-electron chi connectivity index (χ1n) is 3.54. The molecule has 1 N–H and O–H groups in total. The van der Waals surface area contributed by atoms with Crippen LogP contribution in [-0.4, -0.2) is 5.11 Å². The Balaban J connectivity index is 0. The summed E-state index contributed by atoms with van der Waals surface area (Å²) in [6.45, 7) is 0. The first-order valence-corrected chi connectivity index (χ1v) is 3.54. The van der Waals surface area contributed by atoms with E-state index in [1.807, 2.05) is 30.3 Å². The number of phenolic OH excluding ortho intramolecular Hbond substituents is 1. The number of aromatic hydroxyl groups is 1. The van der Waals surface area contributed by atoms with Gasteiger partial charge in [-0.1, -0.05) is 30.3 Å². The van der Waals surface area contributed by atoms with Crippen molar-refractivity contribution in [1.29, 1.82) is 0 Å². The van der Waals surface area contributed by atoms with Gasteiger partial charge in [-0.2, -0.15) is 0 Å². The van der Waals surface area contributed by atoms with Gasteiger partial charge < -0.3 is 29.9 Å². The molecule has 0 aliphatic carbocycles. The van der Waals surface area contributed by atoms with Crippen LogP contribution in [0.3, 0.4) is 0 Å². The molecule has 0 spiro atoms. The molecule has 14 heavy (non-hydrogen) atoms. The molecule has 0 heterocycles. The summed E-state index contributed by atoms with van der Waals surface area (Å²) >= 11 is 0. The second-order valence-corrected chi connectivity index (χ2v) is 2.53. The molecule has 0 saturated heterocycles. The fourth-order valence-corrected chi connectivity index (χ4v) is 1.18. The Hall–Kier alpha value is -0.206. The average Bonchev–Trinajstić information content (AvgIpc) is 2.04. The molecule has 0 saturated carbocycles. The zero-order valence-corrected chi connectivity index (χ0v) is 10.3. The van der Waals surface area contributed by atoms with E-state index in [2.05, 4.69) is 0 Å². The number of phenols is 1. The van der Waals surface area contributed by atoms with Gasteiger partial charge in [0.25, 0.3) is 0 Å². The van der Waals surface area contributed by atoms with Crippen LogP contribution in [0.4, 0.5) is 0 Å². The molecular weight excluding hydrogens is 255 g/mol. The Morgan fingerprint density at radius 3 is 2.00 bits per heavy atom. The molecular formula is C10H8Cl2OTi. The van der Waals surface area contributed by atoms with Gasteiger partial charge in [-0.15, -0.1) is 0 Å². The van der Waals surface area contributed by atoms with E-state index in [-0.39, 0.29) is 46.5 Å². The van der Waals surface area contributed by atoms with Gasteiger partial charge in [-0.25, -0.2) is 0 Å². The van der Waals surface area contributed by atoms with E-state index in [0.717, 1.165) is 10.8 Å². The Kier molecular flexibility index (Phi) is 8.27. The molecule has 0 aromatic heterocycles. The van der Waals surface area contributed by atoms with Gasteiger partial charge in [0.15, 0.2) is 0 Å². The minimum atomic E-state index is 0. The average molecular weight is 263 g/mol. The smallest absolute Gasteiger partial charge is 1.00 e. The van der Waals surface area contributed by atoms with Gasteiger partial charge in [0.1, 0.15) is 5.75 Å². The largest absolute Gasteiger partial charge is 2.00 e. The molecule has 4 heteroatoms. The fourth-order valence-electron chi connectivity index (χ4n) is 1.18. The maximum absolute atomic E-state index is 9.13. The molecule has 0 amide bonds. The standard InChI is InChI=1S/C10H8O.2ClH.Ti/c11-10-6-5-8-3-1-2-4-9(8)7-10;;;/h1-7,11H;2*1H;/q;;;+2/p-2. The molecule has 0 radical (unpaired) electrons. The minimum Gasteiger partial charge on any atom is -1.00 e. The van der Waals surface area contributed by atoms with Crippen molar-refractivity contribution in [3.63, 3.8) is 0 Å². The zero-order chi connectivity index (χ0) is 7.68. The summed E-state index contributed by atoms with van der Waals surface area (Å²) < 4.78 is 0. The maximum atomic E-state index is 9.13. The van der Waals surface area contributed by atoms with Crippen molar-refractivity contribution in [1.82, 2.24) is 0 Å². The van der Waals surface area contributed by atoms with Crippen LogP contribution in [0.2, 0.25) is 0 Å². The van der Waals surface area contributed by atoms with Gasteiger partial charge in [0, 0.05) is 0 Å². The van der Waals surface area contributed by atoms with Crippen molar-refractivity contribution < 1.29 is 51.6 Å². The number of hydrogen-bond acceptors (Lipinski definition) is 1. The Morgan fingerprint density at radius 2 is 1.36 bits per heavy atom. The number of rotatable bonds is 0. The normalized spacial score (nSPS) is 8.00. The van der Waals surface area contributed by atoms with Gasteiger partial charge in [-0.3, -0.25) is 0 Å². The van der Waals surface area contributed by atoms with Crippen LogP contribution in [-0.2, 0) is 21.7 Å². The molecule has 1 nitrogen and oxygen atoms in total. The Morgan fingerprint density at radius 1 is 0.786 bits per heavy atom. The maximum Gasteiger partial charge on any atom is 2.00 e. The first kappa shape index (κ1) is 16.2. The van der Waals surface area contributed by atoms with Crippen molar-refractivity contribution in [3.05, 3.63) is 42.5 Å². The second kappa shape index (κ2) is 7.13. The molecule has 2 aromatic carbocycles. The van der Waals surface area contributed by atoms with Crippen molar-refractivity contribution >= 4 is 10.8 Å². The second-order valence-electron chi connectivity index (χ2n) is 2.53. The molecule has 2 aromatic rings. The summed E-state index contributed by atoms with van der Waals surface area (Å²) in [5.74, 6) is 0.323. The van der Waals surface area contributed by atoms with E-state index in [1.165, 1.54) is 0 Å². The van der Waals surface area contributed by atoms with Gasteiger partial charge in [0.05, 0.1) is 0 Å². The summed E-state index contributed by atoms with van der Waals surface area (Å²) in [4.78, 5) is 0. The van der Waals surface area contributed by atoms with E-state index in [1.54, 1.807) is 12.1 Å². The first-order chi connectivity index (χ1) is 5.36. The van der Waals surface area contributed by atoms with Crippen LogP contribution in [0.1, 0.15) is 0 Å². The quantitative estimate of drug-likeness (QED) is 0.490. The van der Waals surface area contributed by atoms with E-state index in [4.69, 9.17) is 5.11 Å². The molecule has 0 bridgehead atoms. The van der Waals surface area contributed by atoms with Gasteiger partial charge in [0.2, 0.25) is 0 Å². The third kappa shape index (κ3) is 3.51. The van der Waals surface area contributed by atoms with E-state index < -0.39 is 0 Å². The molecule has 0 aliphatic rings. The summed E-state index contributed by atoms with van der Waals surface area (Å²) in [5.41, 5.74) is 0. The SMILES string of the molecule is Oc1ccc2ccccc2c1.[Cl-].[Cl-].[Ti+2]. The van der Waals surface area contributed by atoms with Gasteiger partial charge in [-0.05, 0) is 22.9 Å². The van der Waals surface area contributed by atoms with Crippen molar-refractivity contribution in [3.8, 4) is 5.75 Å². The molecule has 72 valence electrons. The van der Waals surface area contributed by atoms with Crippen LogP contribution >= 0.6 is 0 Å². The van der Waals surface area contributed by atoms with Crippen LogP contribution in [0.15, 0.2) is 42.5 Å². The monoisotopic (exact) mass is 262 g/mol. The predicted molar refractivity (Wildman–Crippen MR) is 45.6 cm³/mol. The predicted octanol–water partition coefficient (Wildman–Crippen LogP) is -3.45. The number of halogens is 2. The zero-order valence-electron chi connectivity index (χ0n) is 7.24. The fraction of sp³-hybridized carbons (Fsp3) is 0. The molecule has 0 aliphatic heterocycles. The topological polar surface area (TPSA) is 20.2 Å². The van der Waals surface area contributed by atoms with Gasteiger partial charge >= 0.3 is 21.7 Å². The van der Waals surface area contributed by atoms with Crippen molar-refractivity contribution in [2.24, 2.45) is 0 Å². The molecule has 2 rings (SSSR count). The Bertz CT molecular complexity index is 393. The minimum absolute atomic E-state index is 0. The van der Waals surface area contributed by atoms with Crippen LogP contribution in [0.5, 0.6) is 5.75 Å². The number of fused-ring (bicyclic) bond motifs is 1. The molecule has 0 atom stereocenters. The van der Waals surface area contributed by atoms with E-state index in [9.17, 15) is 0 Å². The van der Waals surface area contributed by atoms with Crippen molar-refractivity contribution in [2.75, 3.05) is 0 Å². The molecule has 0 fully saturated rings. The number of benzene rings is 2. The summed E-state index contributed by atoms with van der Waals surface area (Å²) in [7, 11) is 0. The van der Waals surface area contributed by atoms with E-state index in [0.29, 0.717) is 5.75 Å². The third-order valence-electron chi connectivity index (χ3n) is 1.73. The summed E-state index contributed by atoms with van der Waals surface area (Å²) in [6, 6.07) is 13.3. The van der Waals surface area contributed by atoms with Crippen LogP contribution in [0.25, 0.3) is 10.8 Å². The summed E-state index contributed by atoms with van der Waals surface area (Å²) in [6.07, 6.45) is 0. The van der Waals surface area contributed by atoms with Crippen molar-refractivity contribution in [2.45, 2.75) is 0 Å². The molecule has 0 unspecified atom stereocenters. The Labute approximate surface area is 110 Å².